The largest absolute Gasteiger partial charge is 0.352 e. The van der Waals surface area contributed by atoms with Crippen LogP contribution in [-0.2, 0) is 32.6 Å². The molecule has 7 nitrogen and oxygen atoms in total. The topological polar surface area (TPSA) is 86.8 Å². The van der Waals surface area contributed by atoms with Gasteiger partial charge in [-0.3, -0.25) is 13.9 Å². The second-order valence-corrected chi connectivity index (χ2v) is 13.5. The molecule has 0 fully saturated rings. The predicted molar refractivity (Wildman–Crippen MR) is 181 cm³/mol. The predicted octanol–water partition coefficient (Wildman–Crippen LogP) is 6.71. The van der Waals surface area contributed by atoms with Crippen molar-refractivity contribution >= 4 is 39.1 Å². The number of nitrogens with zero attached hydrogens (tertiary/aromatic N) is 2. The first-order valence-corrected chi connectivity index (χ1v) is 16.8. The fraction of sp³-hybridized carbons (Fsp3) is 0.278. The van der Waals surface area contributed by atoms with Crippen LogP contribution in [0.25, 0.3) is 0 Å². The lowest BCUT2D eigenvalue weighted by molar-refractivity contribution is -0.140. The van der Waals surface area contributed by atoms with Gasteiger partial charge in [-0.25, -0.2) is 8.42 Å². The van der Waals surface area contributed by atoms with E-state index in [4.69, 9.17) is 11.6 Å². The lowest BCUT2D eigenvalue weighted by atomic mass is 10.0. The summed E-state index contributed by atoms with van der Waals surface area (Å²) in [5.41, 5.74) is 3.66. The van der Waals surface area contributed by atoms with Gasteiger partial charge in [-0.1, -0.05) is 91.3 Å². The fourth-order valence-electron chi connectivity index (χ4n) is 5.02. The molecule has 0 aromatic heterocycles. The summed E-state index contributed by atoms with van der Waals surface area (Å²) in [6, 6.07) is 29.0. The van der Waals surface area contributed by atoms with Gasteiger partial charge in [0.25, 0.3) is 10.0 Å². The molecule has 1 N–H and O–H groups in total. The number of benzene rings is 4. The Bertz CT molecular complexity index is 1700. The van der Waals surface area contributed by atoms with Crippen LogP contribution in [0, 0.1) is 13.8 Å². The van der Waals surface area contributed by atoms with Crippen LogP contribution in [0.2, 0.25) is 5.02 Å². The van der Waals surface area contributed by atoms with Crippen LogP contribution < -0.4 is 9.62 Å². The second-order valence-electron chi connectivity index (χ2n) is 11.2. The Morgan fingerprint density at radius 3 is 2.07 bits per heavy atom. The summed E-state index contributed by atoms with van der Waals surface area (Å²) >= 11 is 6.16. The molecule has 4 aromatic rings. The van der Waals surface area contributed by atoms with Gasteiger partial charge in [0.1, 0.15) is 12.6 Å². The van der Waals surface area contributed by atoms with Gasteiger partial charge in [-0.15, -0.1) is 0 Å². The van der Waals surface area contributed by atoms with Crippen LogP contribution in [0.3, 0.4) is 0 Å². The summed E-state index contributed by atoms with van der Waals surface area (Å²) in [7, 11) is -4.16. The number of sulfonamides is 1. The molecule has 0 radical (unpaired) electrons. The van der Waals surface area contributed by atoms with Crippen molar-refractivity contribution in [2.45, 2.75) is 64.1 Å². The van der Waals surface area contributed by atoms with Crippen LogP contribution >= 0.6 is 11.6 Å². The molecule has 0 saturated carbocycles. The van der Waals surface area contributed by atoms with Crippen molar-refractivity contribution < 1.29 is 18.0 Å². The minimum absolute atomic E-state index is 0.0679. The van der Waals surface area contributed by atoms with Crippen molar-refractivity contribution in [2.24, 2.45) is 0 Å². The molecule has 236 valence electrons. The summed E-state index contributed by atoms with van der Waals surface area (Å²) in [6.45, 7) is 7.20. The number of nitrogens with one attached hydrogen (secondary N) is 1. The summed E-state index contributed by atoms with van der Waals surface area (Å²) in [6.07, 6.45) is 0.960. The van der Waals surface area contributed by atoms with Crippen LogP contribution in [0.5, 0.6) is 0 Å². The first-order chi connectivity index (χ1) is 21.5. The molecular formula is C36H40ClN3O4S. The third kappa shape index (κ3) is 8.53. The number of carbonyl (C=O) groups is 2. The maximum atomic E-state index is 14.6. The highest BCUT2D eigenvalue weighted by atomic mass is 35.5. The molecule has 0 spiro atoms. The van der Waals surface area contributed by atoms with Crippen LogP contribution in [0.1, 0.15) is 42.5 Å². The first-order valence-electron chi connectivity index (χ1n) is 15.0. The number of hydrogen-bond donors (Lipinski definition) is 1. The maximum absolute atomic E-state index is 14.6. The van der Waals surface area contributed by atoms with E-state index in [0.29, 0.717) is 17.1 Å². The molecule has 0 aliphatic rings. The van der Waals surface area contributed by atoms with E-state index >= 15 is 0 Å². The molecule has 9 heteroatoms. The molecule has 0 bridgehead atoms. The van der Waals surface area contributed by atoms with Crippen LogP contribution in [0.4, 0.5) is 5.69 Å². The number of amides is 2. The molecule has 0 unspecified atom stereocenters. The van der Waals surface area contributed by atoms with Crippen molar-refractivity contribution in [1.82, 2.24) is 10.2 Å². The molecule has 2 atom stereocenters. The number of carbonyl (C=O) groups excluding carboxylic acids is 2. The quantitative estimate of drug-likeness (QED) is 0.175. The van der Waals surface area contributed by atoms with Crippen LogP contribution in [-0.4, -0.2) is 43.8 Å². The Morgan fingerprint density at radius 1 is 0.822 bits per heavy atom. The summed E-state index contributed by atoms with van der Waals surface area (Å²) in [4.78, 5) is 30.1. The summed E-state index contributed by atoms with van der Waals surface area (Å²) < 4.78 is 29.5. The normalized spacial score (nSPS) is 12.6. The average Bonchev–Trinajstić information content (AvgIpc) is 3.04. The SMILES string of the molecule is CC[C@H](C)NC(=O)[C@@H](Cc1ccccc1)N(Cc1ccc(Cl)cc1)C(=O)CN(c1cccc(C)c1C)S(=O)(=O)c1ccccc1. The van der Waals surface area contributed by atoms with Gasteiger partial charge in [0, 0.05) is 24.0 Å². The number of aryl methyl sites for hydroxylation is 1. The van der Waals surface area contributed by atoms with E-state index < -0.39 is 28.5 Å². The van der Waals surface area contributed by atoms with Gasteiger partial charge < -0.3 is 10.2 Å². The molecule has 45 heavy (non-hydrogen) atoms. The molecule has 0 saturated heterocycles. The molecule has 0 aliphatic carbocycles. The lowest BCUT2D eigenvalue weighted by Crippen LogP contribution is -2.54. The van der Waals surface area contributed by atoms with E-state index in [-0.39, 0.29) is 29.8 Å². The number of rotatable bonds is 13. The van der Waals surface area contributed by atoms with Gasteiger partial charge in [0.05, 0.1) is 10.6 Å². The fourth-order valence-corrected chi connectivity index (χ4v) is 6.64. The van der Waals surface area contributed by atoms with Crippen molar-refractivity contribution in [2.75, 3.05) is 10.8 Å². The molecule has 4 rings (SSSR count). The Kier molecular flexibility index (Phi) is 11.4. The third-order valence-corrected chi connectivity index (χ3v) is 10.0. The van der Waals surface area contributed by atoms with Crippen molar-refractivity contribution in [1.29, 1.82) is 0 Å². The minimum Gasteiger partial charge on any atom is -0.352 e. The minimum atomic E-state index is -4.16. The van der Waals surface area contributed by atoms with Gasteiger partial charge in [-0.2, -0.15) is 0 Å². The Labute approximate surface area is 271 Å². The van der Waals surface area contributed by atoms with E-state index in [0.717, 1.165) is 26.6 Å². The Balaban J connectivity index is 1.83. The molecule has 0 aliphatic heterocycles. The zero-order valence-electron chi connectivity index (χ0n) is 26.1. The van der Waals surface area contributed by atoms with Crippen LogP contribution in [0.15, 0.2) is 108 Å². The lowest BCUT2D eigenvalue weighted by Gasteiger charge is -2.34. The molecule has 2 amide bonds. The molecule has 4 aromatic carbocycles. The highest BCUT2D eigenvalue weighted by molar-refractivity contribution is 7.92. The average molecular weight is 646 g/mol. The van der Waals surface area contributed by atoms with E-state index in [2.05, 4.69) is 5.32 Å². The zero-order chi connectivity index (χ0) is 32.6. The van der Waals surface area contributed by atoms with Crippen molar-refractivity contribution in [3.05, 3.63) is 130 Å². The van der Waals surface area contributed by atoms with Gasteiger partial charge in [-0.05, 0) is 79.8 Å². The first kappa shape index (κ1) is 33.7. The van der Waals surface area contributed by atoms with Gasteiger partial charge >= 0.3 is 0 Å². The Hall–Kier alpha value is -4.14. The van der Waals surface area contributed by atoms with E-state index in [1.165, 1.54) is 17.0 Å². The summed E-state index contributed by atoms with van der Waals surface area (Å²) in [5.74, 6) is -0.815. The molecular weight excluding hydrogens is 606 g/mol. The van der Waals surface area contributed by atoms with E-state index in [1.807, 2.05) is 64.1 Å². The van der Waals surface area contributed by atoms with Gasteiger partial charge in [0.15, 0.2) is 0 Å². The highest BCUT2D eigenvalue weighted by Crippen LogP contribution is 2.29. The van der Waals surface area contributed by atoms with E-state index in [1.54, 1.807) is 54.6 Å². The second kappa shape index (κ2) is 15.2. The smallest absolute Gasteiger partial charge is 0.264 e. The monoisotopic (exact) mass is 645 g/mol. The third-order valence-electron chi connectivity index (χ3n) is 7.99. The Morgan fingerprint density at radius 2 is 1.44 bits per heavy atom. The standard InChI is InChI=1S/C36H40ClN3O4S/c1-5-27(3)38-36(42)34(23-29-14-8-6-9-15-29)39(24-30-19-21-31(37)22-20-30)35(41)25-40(33-18-12-13-26(2)28(33)4)45(43,44)32-16-10-7-11-17-32/h6-22,27,34H,5,23-25H2,1-4H3,(H,38,42)/t27-,34+/m0/s1. The highest BCUT2D eigenvalue weighted by Gasteiger charge is 2.35. The maximum Gasteiger partial charge on any atom is 0.264 e. The number of anilines is 1. The number of halogens is 1. The van der Waals surface area contributed by atoms with Crippen molar-refractivity contribution in [3.8, 4) is 0 Å². The summed E-state index contributed by atoms with van der Waals surface area (Å²) in [5, 5.41) is 3.60. The molecule has 0 heterocycles. The number of hydrogen-bond acceptors (Lipinski definition) is 4. The van der Waals surface area contributed by atoms with E-state index in [9.17, 15) is 18.0 Å². The van der Waals surface area contributed by atoms with Gasteiger partial charge in [0.2, 0.25) is 11.8 Å². The van der Waals surface area contributed by atoms with Crippen molar-refractivity contribution in [3.63, 3.8) is 0 Å². The zero-order valence-corrected chi connectivity index (χ0v) is 27.7.